The summed E-state index contributed by atoms with van der Waals surface area (Å²) in [6.45, 7) is 2.92. The first-order valence-corrected chi connectivity index (χ1v) is 15.8. The first-order valence-electron chi connectivity index (χ1n) is 15.8. The number of hydrogen-bond acceptors (Lipinski definition) is 10. The zero-order chi connectivity index (χ0) is 32.1. The van der Waals surface area contributed by atoms with Gasteiger partial charge in [0.1, 0.15) is 46.8 Å². The standard InChI is InChI=1S/C34H30F3N5O5/c1-2-21-23(36)5-4-18-10-20(43)11-22(25(18)21)28-27(37)29-26-30(40-32(39-29)46-15-33-6-3-7-41(33)13-19(35)12-33)42-8-9-44-14-24(42)34(16-45-17-34)47-31(26)38-28/h1,4-5,10-11,19,24,43H,3,6-9,12-17H2/t19-,24+,33+/m1/s1. The normalized spacial score (nSPS) is 26.0. The van der Waals surface area contributed by atoms with Gasteiger partial charge in [-0.05, 0) is 43.0 Å². The number of alkyl halides is 1. The number of hydrogen-bond donors (Lipinski definition) is 1. The number of benzene rings is 2. The summed E-state index contributed by atoms with van der Waals surface area (Å²) in [5.74, 6) is 1.09. The van der Waals surface area contributed by atoms with Crippen LogP contribution in [0.1, 0.15) is 24.8 Å². The molecule has 13 heteroatoms. The lowest BCUT2D eigenvalue weighted by Gasteiger charge is -2.50. The molecule has 4 aromatic rings. The van der Waals surface area contributed by atoms with Crippen LogP contribution in [0.15, 0.2) is 24.3 Å². The van der Waals surface area contributed by atoms with Gasteiger partial charge in [0.15, 0.2) is 11.4 Å². The van der Waals surface area contributed by atoms with Gasteiger partial charge < -0.3 is 29.0 Å². The van der Waals surface area contributed by atoms with Gasteiger partial charge in [-0.2, -0.15) is 9.97 Å². The lowest BCUT2D eigenvalue weighted by atomic mass is 9.90. The van der Waals surface area contributed by atoms with E-state index < -0.39 is 28.9 Å². The third kappa shape index (κ3) is 4.21. The zero-order valence-corrected chi connectivity index (χ0v) is 25.3. The van der Waals surface area contributed by atoms with Crippen molar-refractivity contribution in [2.75, 3.05) is 57.6 Å². The van der Waals surface area contributed by atoms with Crippen LogP contribution in [-0.4, -0.2) is 101 Å². The predicted molar refractivity (Wildman–Crippen MR) is 164 cm³/mol. The lowest BCUT2D eigenvalue weighted by Crippen LogP contribution is -2.70. The summed E-state index contributed by atoms with van der Waals surface area (Å²) in [6.07, 6.45) is 6.84. The van der Waals surface area contributed by atoms with Crippen LogP contribution >= 0.6 is 0 Å². The molecular formula is C34H30F3N5O5. The topological polar surface area (TPSA) is 102 Å². The molecule has 2 aromatic carbocycles. The molecule has 0 amide bonds. The van der Waals surface area contributed by atoms with Crippen molar-refractivity contribution in [1.29, 1.82) is 0 Å². The van der Waals surface area contributed by atoms with Gasteiger partial charge >= 0.3 is 6.01 Å². The van der Waals surface area contributed by atoms with Crippen LogP contribution in [0.4, 0.5) is 19.0 Å². The van der Waals surface area contributed by atoms with E-state index in [1.54, 1.807) is 0 Å². The minimum atomic E-state index is -0.947. The summed E-state index contributed by atoms with van der Waals surface area (Å²) in [4.78, 5) is 18.2. The van der Waals surface area contributed by atoms with E-state index in [1.807, 2.05) is 4.90 Å². The van der Waals surface area contributed by atoms with E-state index in [1.165, 1.54) is 24.3 Å². The van der Waals surface area contributed by atoms with Crippen LogP contribution in [0, 0.1) is 24.0 Å². The molecular weight excluding hydrogens is 615 g/mol. The first kappa shape index (κ1) is 28.8. The van der Waals surface area contributed by atoms with E-state index in [-0.39, 0.29) is 76.6 Å². The number of fused-ring (bicyclic) bond motifs is 5. The Labute approximate surface area is 267 Å². The van der Waals surface area contributed by atoms with E-state index in [0.717, 1.165) is 19.4 Å². The maximum absolute atomic E-state index is 17.1. The van der Waals surface area contributed by atoms with E-state index in [4.69, 9.17) is 35.3 Å². The van der Waals surface area contributed by atoms with Crippen LogP contribution in [0.5, 0.6) is 17.6 Å². The van der Waals surface area contributed by atoms with Crippen LogP contribution in [-0.2, 0) is 9.47 Å². The van der Waals surface area contributed by atoms with Gasteiger partial charge in [0, 0.05) is 30.5 Å². The second kappa shape index (κ2) is 10.3. The number of halogens is 3. The molecule has 3 atom stereocenters. The molecule has 4 fully saturated rings. The van der Waals surface area contributed by atoms with Crippen molar-refractivity contribution in [2.24, 2.45) is 0 Å². The second-order valence-electron chi connectivity index (χ2n) is 13.1. The van der Waals surface area contributed by atoms with Gasteiger partial charge in [0.25, 0.3) is 0 Å². The van der Waals surface area contributed by atoms with Gasteiger partial charge in [0.2, 0.25) is 5.88 Å². The van der Waals surface area contributed by atoms with Crippen molar-refractivity contribution in [3.8, 4) is 41.2 Å². The molecule has 4 saturated heterocycles. The fourth-order valence-corrected chi connectivity index (χ4v) is 8.14. The highest BCUT2D eigenvalue weighted by atomic mass is 19.1. The Morgan fingerprint density at radius 1 is 1.11 bits per heavy atom. The molecule has 242 valence electrons. The molecule has 0 saturated carbocycles. The third-order valence-electron chi connectivity index (χ3n) is 10.4. The number of nitrogens with zero attached hydrogens (tertiary/aromatic N) is 5. The number of aromatic nitrogens is 3. The Morgan fingerprint density at radius 2 is 1.98 bits per heavy atom. The highest BCUT2D eigenvalue weighted by Gasteiger charge is 2.55. The fourth-order valence-electron chi connectivity index (χ4n) is 8.14. The monoisotopic (exact) mass is 645 g/mol. The average molecular weight is 646 g/mol. The van der Waals surface area contributed by atoms with Gasteiger partial charge in [-0.15, -0.1) is 6.42 Å². The zero-order valence-electron chi connectivity index (χ0n) is 25.3. The van der Waals surface area contributed by atoms with E-state index in [9.17, 15) is 13.9 Å². The minimum Gasteiger partial charge on any atom is -0.508 e. The number of anilines is 1. The molecule has 0 unspecified atom stereocenters. The smallest absolute Gasteiger partial charge is 0.319 e. The minimum absolute atomic E-state index is 0.0578. The predicted octanol–water partition coefficient (Wildman–Crippen LogP) is 4.13. The van der Waals surface area contributed by atoms with Gasteiger partial charge in [-0.3, -0.25) is 4.90 Å². The molecule has 0 bridgehead atoms. The number of phenolic OH excluding ortho intramolecular Hbond substituents is 1. The highest BCUT2D eigenvalue weighted by molar-refractivity contribution is 6.04. The molecule has 1 spiro atoms. The number of rotatable bonds is 4. The van der Waals surface area contributed by atoms with Gasteiger partial charge in [0.05, 0.1) is 43.6 Å². The Balaban J connectivity index is 1.27. The Hall–Kier alpha value is -4.38. The Kier molecular flexibility index (Phi) is 6.32. The molecule has 9 rings (SSSR count). The van der Waals surface area contributed by atoms with E-state index in [2.05, 4.69) is 15.8 Å². The van der Waals surface area contributed by atoms with Crippen molar-refractivity contribution in [3.63, 3.8) is 0 Å². The molecule has 7 heterocycles. The highest BCUT2D eigenvalue weighted by Crippen LogP contribution is 2.48. The SMILES string of the molecule is C#Cc1c(F)ccc2cc(O)cc(-c3nc4c5c(nc(OC[C@@]67CCCN6C[C@H](F)C7)nc5c3F)N3CCOC[C@H]3C3(COC3)O4)c12. The summed E-state index contributed by atoms with van der Waals surface area (Å²) in [5.41, 5.74) is -1.75. The molecule has 1 N–H and O–H groups in total. The molecule has 5 aliphatic heterocycles. The third-order valence-corrected chi connectivity index (χ3v) is 10.4. The van der Waals surface area contributed by atoms with Crippen LogP contribution in [0.25, 0.3) is 32.9 Å². The number of morpholine rings is 1. The Morgan fingerprint density at radius 3 is 2.79 bits per heavy atom. The van der Waals surface area contributed by atoms with Crippen LogP contribution in [0.2, 0.25) is 0 Å². The second-order valence-corrected chi connectivity index (χ2v) is 13.1. The maximum Gasteiger partial charge on any atom is 0.319 e. The summed E-state index contributed by atoms with van der Waals surface area (Å²) < 4.78 is 71.0. The Bertz CT molecular complexity index is 2020. The number of terminal acetylenes is 1. The molecule has 2 aromatic heterocycles. The summed E-state index contributed by atoms with van der Waals surface area (Å²) in [7, 11) is 0. The average Bonchev–Trinajstić information content (AvgIpc) is 3.53. The van der Waals surface area contributed by atoms with Crippen molar-refractivity contribution in [3.05, 3.63) is 41.5 Å². The maximum atomic E-state index is 17.1. The first-order chi connectivity index (χ1) is 22.8. The number of pyridine rings is 1. The van der Waals surface area contributed by atoms with Gasteiger partial charge in [-0.25, -0.2) is 18.2 Å². The molecule has 5 aliphatic rings. The number of aromatic hydroxyl groups is 1. The van der Waals surface area contributed by atoms with Crippen LogP contribution < -0.4 is 14.4 Å². The molecule has 0 aliphatic carbocycles. The molecule has 10 nitrogen and oxygen atoms in total. The number of ether oxygens (including phenoxy) is 4. The van der Waals surface area contributed by atoms with E-state index >= 15 is 4.39 Å². The summed E-state index contributed by atoms with van der Waals surface area (Å²) in [6, 6.07) is 4.96. The fraction of sp³-hybridized carbons (Fsp3) is 0.441. The van der Waals surface area contributed by atoms with E-state index in [0.29, 0.717) is 43.9 Å². The summed E-state index contributed by atoms with van der Waals surface area (Å²) in [5, 5.41) is 11.5. The molecule has 0 radical (unpaired) electrons. The van der Waals surface area contributed by atoms with Gasteiger partial charge in [-0.1, -0.05) is 12.0 Å². The van der Waals surface area contributed by atoms with Crippen molar-refractivity contribution in [1.82, 2.24) is 19.9 Å². The summed E-state index contributed by atoms with van der Waals surface area (Å²) >= 11 is 0. The van der Waals surface area contributed by atoms with Crippen molar-refractivity contribution >= 4 is 27.5 Å². The van der Waals surface area contributed by atoms with Crippen LogP contribution in [0.3, 0.4) is 0 Å². The number of phenols is 1. The quantitative estimate of drug-likeness (QED) is 0.326. The van der Waals surface area contributed by atoms with Crippen molar-refractivity contribution < 1.29 is 37.2 Å². The lowest BCUT2D eigenvalue weighted by molar-refractivity contribution is -0.184. The molecule has 47 heavy (non-hydrogen) atoms. The largest absolute Gasteiger partial charge is 0.508 e. The van der Waals surface area contributed by atoms with Crippen molar-refractivity contribution in [2.45, 2.75) is 42.6 Å².